The maximum absolute atomic E-state index is 11.7. The largest absolute Gasteiger partial charge is 0.460 e. The molecule has 0 amide bonds. The number of thioether (sulfide) groups is 1. The molecule has 0 bridgehead atoms. The first-order valence-electron chi connectivity index (χ1n) is 6.65. The van der Waals surface area contributed by atoms with Crippen LogP contribution in [0.25, 0.3) is 0 Å². The number of carbonyl (C=O) groups excluding carboxylic acids is 2. The van der Waals surface area contributed by atoms with Crippen molar-refractivity contribution in [3.8, 4) is 0 Å². The Kier molecular flexibility index (Phi) is 5.70. The van der Waals surface area contributed by atoms with E-state index < -0.39 is 5.60 Å². The van der Waals surface area contributed by atoms with E-state index in [1.165, 1.54) is 11.8 Å². The van der Waals surface area contributed by atoms with E-state index >= 15 is 0 Å². The highest BCUT2D eigenvalue weighted by atomic mass is 32.2. The maximum atomic E-state index is 11.7. The van der Waals surface area contributed by atoms with Crippen LogP contribution in [0.15, 0.2) is 0 Å². The van der Waals surface area contributed by atoms with Gasteiger partial charge in [0, 0.05) is 18.6 Å². The molecule has 3 nitrogen and oxygen atoms in total. The topological polar surface area (TPSA) is 43.4 Å². The molecule has 0 heterocycles. The van der Waals surface area contributed by atoms with Crippen LogP contribution in [0.3, 0.4) is 0 Å². The number of carbonyl (C=O) groups is 2. The molecule has 0 aromatic carbocycles. The zero-order valence-electron chi connectivity index (χ0n) is 11.8. The zero-order valence-corrected chi connectivity index (χ0v) is 12.6. The van der Waals surface area contributed by atoms with Crippen molar-refractivity contribution in [3.63, 3.8) is 0 Å². The molecular formula is C14H24O3S. The molecule has 104 valence electrons. The molecular weight excluding hydrogens is 248 g/mol. The summed E-state index contributed by atoms with van der Waals surface area (Å²) >= 11 is 1.45. The van der Waals surface area contributed by atoms with E-state index in [9.17, 15) is 9.59 Å². The van der Waals surface area contributed by atoms with Gasteiger partial charge in [-0.3, -0.25) is 9.59 Å². The summed E-state index contributed by atoms with van der Waals surface area (Å²) in [5, 5.41) is 0.656. The third kappa shape index (κ3) is 6.43. The summed E-state index contributed by atoms with van der Waals surface area (Å²) in [4.78, 5) is 22.7. The van der Waals surface area contributed by atoms with Gasteiger partial charge in [-0.25, -0.2) is 0 Å². The highest BCUT2D eigenvalue weighted by Crippen LogP contribution is 2.34. The molecule has 0 aromatic heterocycles. The molecule has 1 rings (SSSR count). The van der Waals surface area contributed by atoms with Gasteiger partial charge in [0.25, 0.3) is 0 Å². The Bertz CT molecular complexity index is 299. The van der Waals surface area contributed by atoms with Crippen molar-refractivity contribution in [2.24, 2.45) is 5.92 Å². The molecule has 0 spiro atoms. The number of esters is 1. The van der Waals surface area contributed by atoms with Crippen LogP contribution in [0.4, 0.5) is 0 Å². The SMILES string of the molecule is CC(=O)SC1CCC(CC(=O)OC(C)(C)C)CC1. The van der Waals surface area contributed by atoms with Gasteiger partial charge in [0.05, 0.1) is 0 Å². The van der Waals surface area contributed by atoms with Gasteiger partial charge in [0.15, 0.2) is 5.12 Å². The summed E-state index contributed by atoms with van der Waals surface area (Å²) in [5.41, 5.74) is -0.390. The van der Waals surface area contributed by atoms with Crippen LogP contribution >= 0.6 is 11.8 Å². The number of hydrogen-bond donors (Lipinski definition) is 0. The van der Waals surface area contributed by atoms with Crippen molar-refractivity contribution in [2.45, 2.75) is 70.7 Å². The molecule has 0 radical (unpaired) electrons. The third-order valence-electron chi connectivity index (χ3n) is 3.00. The maximum Gasteiger partial charge on any atom is 0.306 e. The summed E-state index contributed by atoms with van der Waals surface area (Å²) < 4.78 is 5.33. The summed E-state index contributed by atoms with van der Waals surface area (Å²) in [5.74, 6) is 0.342. The lowest BCUT2D eigenvalue weighted by Gasteiger charge is -2.28. The van der Waals surface area contributed by atoms with Crippen molar-refractivity contribution in [1.29, 1.82) is 0 Å². The lowest BCUT2D eigenvalue weighted by atomic mass is 9.86. The van der Waals surface area contributed by atoms with Gasteiger partial charge in [0.2, 0.25) is 0 Å². The standard InChI is InChI=1S/C14H24O3S/c1-10(15)18-12-7-5-11(6-8-12)9-13(16)17-14(2,3)4/h11-12H,5-9H2,1-4H3. The van der Waals surface area contributed by atoms with Crippen LogP contribution in [-0.4, -0.2) is 21.9 Å². The minimum Gasteiger partial charge on any atom is -0.460 e. The Balaban J connectivity index is 2.27. The quantitative estimate of drug-likeness (QED) is 0.737. The first-order chi connectivity index (χ1) is 8.26. The van der Waals surface area contributed by atoms with Crippen molar-refractivity contribution in [2.75, 3.05) is 0 Å². The van der Waals surface area contributed by atoms with Crippen LogP contribution in [0.5, 0.6) is 0 Å². The summed E-state index contributed by atoms with van der Waals surface area (Å²) in [6.07, 6.45) is 4.67. The molecule has 0 N–H and O–H groups in total. The number of ether oxygens (including phenoxy) is 1. The monoisotopic (exact) mass is 272 g/mol. The number of hydrogen-bond acceptors (Lipinski definition) is 4. The average Bonchev–Trinajstić information content (AvgIpc) is 2.17. The molecule has 0 aliphatic heterocycles. The molecule has 0 unspecified atom stereocenters. The molecule has 1 aliphatic rings. The van der Waals surface area contributed by atoms with Crippen molar-refractivity contribution in [1.82, 2.24) is 0 Å². The van der Waals surface area contributed by atoms with Gasteiger partial charge in [-0.1, -0.05) is 11.8 Å². The van der Waals surface area contributed by atoms with Crippen molar-refractivity contribution in [3.05, 3.63) is 0 Å². The second kappa shape index (κ2) is 6.60. The molecule has 0 aromatic rings. The fourth-order valence-electron chi connectivity index (χ4n) is 2.31. The Hall–Kier alpha value is -0.510. The van der Waals surface area contributed by atoms with E-state index in [1.54, 1.807) is 6.92 Å². The highest BCUT2D eigenvalue weighted by Gasteiger charge is 2.26. The minimum absolute atomic E-state index is 0.0924. The van der Waals surface area contributed by atoms with Gasteiger partial charge in [-0.05, 0) is 52.4 Å². The predicted molar refractivity (Wildman–Crippen MR) is 74.5 cm³/mol. The lowest BCUT2D eigenvalue weighted by Crippen LogP contribution is -2.26. The van der Waals surface area contributed by atoms with Crippen LogP contribution in [0, 0.1) is 5.92 Å². The van der Waals surface area contributed by atoms with E-state index in [0.29, 0.717) is 17.6 Å². The van der Waals surface area contributed by atoms with Crippen LogP contribution in [0.1, 0.15) is 59.8 Å². The van der Waals surface area contributed by atoms with Gasteiger partial charge >= 0.3 is 5.97 Å². The molecule has 18 heavy (non-hydrogen) atoms. The Morgan fingerprint density at radius 1 is 1.17 bits per heavy atom. The van der Waals surface area contributed by atoms with E-state index in [4.69, 9.17) is 4.74 Å². The van der Waals surface area contributed by atoms with Crippen molar-refractivity contribution >= 4 is 22.8 Å². The molecule has 1 aliphatic carbocycles. The van der Waals surface area contributed by atoms with Gasteiger partial charge in [0.1, 0.15) is 5.60 Å². The number of rotatable bonds is 3. The zero-order chi connectivity index (χ0) is 13.8. The van der Waals surface area contributed by atoms with Crippen molar-refractivity contribution < 1.29 is 14.3 Å². The molecule has 0 atom stereocenters. The second-order valence-corrected chi connectivity index (χ2v) is 7.52. The predicted octanol–water partition coefficient (Wildman–Crippen LogP) is 3.56. The third-order valence-corrected chi connectivity index (χ3v) is 4.14. The highest BCUT2D eigenvalue weighted by molar-refractivity contribution is 8.14. The van der Waals surface area contributed by atoms with E-state index in [1.807, 2.05) is 20.8 Å². The second-order valence-electron chi connectivity index (χ2n) is 6.04. The molecule has 4 heteroatoms. The minimum atomic E-state index is -0.390. The summed E-state index contributed by atoms with van der Waals surface area (Å²) in [7, 11) is 0. The van der Waals surface area contributed by atoms with Gasteiger partial charge < -0.3 is 4.74 Å². The fourth-order valence-corrected chi connectivity index (χ4v) is 3.28. The summed E-state index contributed by atoms with van der Waals surface area (Å²) in [6, 6.07) is 0. The summed E-state index contributed by atoms with van der Waals surface area (Å²) in [6.45, 7) is 7.30. The first kappa shape index (κ1) is 15.5. The van der Waals surface area contributed by atoms with E-state index in [2.05, 4.69) is 0 Å². The van der Waals surface area contributed by atoms with Crippen LogP contribution < -0.4 is 0 Å². The Morgan fingerprint density at radius 2 is 1.72 bits per heavy atom. The molecule has 1 saturated carbocycles. The average molecular weight is 272 g/mol. The smallest absolute Gasteiger partial charge is 0.306 e. The van der Waals surface area contributed by atoms with Crippen LogP contribution in [0.2, 0.25) is 0 Å². The fraction of sp³-hybridized carbons (Fsp3) is 0.857. The van der Waals surface area contributed by atoms with Gasteiger partial charge in [-0.15, -0.1) is 0 Å². The van der Waals surface area contributed by atoms with Crippen LogP contribution in [-0.2, 0) is 14.3 Å². The molecule has 0 saturated heterocycles. The van der Waals surface area contributed by atoms with E-state index in [0.717, 1.165) is 25.7 Å². The lowest BCUT2D eigenvalue weighted by molar-refractivity contribution is -0.156. The first-order valence-corrected chi connectivity index (χ1v) is 7.53. The van der Waals surface area contributed by atoms with E-state index in [-0.39, 0.29) is 11.1 Å². The molecule has 1 fully saturated rings. The Labute approximate surface area is 114 Å². The van der Waals surface area contributed by atoms with Gasteiger partial charge in [-0.2, -0.15) is 0 Å². The Morgan fingerprint density at radius 3 is 2.17 bits per heavy atom. The normalized spacial score (nSPS) is 24.7.